The van der Waals surface area contributed by atoms with Crippen LogP contribution in [0.3, 0.4) is 0 Å². The average molecular weight is 475 g/mol. The highest BCUT2D eigenvalue weighted by molar-refractivity contribution is 6.63. The Morgan fingerprint density at radius 2 is 0.844 bits per heavy atom. The van der Waals surface area contributed by atoms with Gasteiger partial charge in [0.25, 0.3) is 0 Å². The van der Waals surface area contributed by atoms with Crippen molar-refractivity contribution in [2.24, 2.45) is 11.8 Å². The molecule has 0 aliphatic carbocycles. The molecule has 0 aliphatic rings. The lowest BCUT2D eigenvalue weighted by atomic mass is 9.94. The van der Waals surface area contributed by atoms with Gasteiger partial charge in [0.1, 0.15) is 0 Å². The molecule has 0 saturated heterocycles. The summed E-state index contributed by atoms with van der Waals surface area (Å²) < 4.78 is 0. The monoisotopic (exact) mass is 474 g/mol. The predicted molar refractivity (Wildman–Crippen MR) is 141 cm³/mol. The molecule has 2 unspecified atom stereocenters. The van der Waals surface area contributed by atoms with Crippen molar-refractivity contribution in [2.45, 2.75) is 156 Å². The first-order valence-corrected chi connectivity index (χ1v) is 14.2. The smallest absolute Gasteiger partial charge is 0.306 e. The highest BCUT2D eigenvalue weighted by atomic mass is 35.5. The average Bonchev–Trinajstić information content (AvgIpc) is 2.77. The molecule has 192 valence electrons. The van der Waals surface area contributed by atoms with Crippen molar-refractivity contribution in [3.05, 3.63) is 0 Å². The number of aliphatic carboxylic acids is 1. The zero-order chi connectivity index (χ0) is 24.5. The van der Waals surface area contributed by atoms with E-state index in [-0.39, 0.29) is 17.1 Å². The zero-order valence-corrected chi connectivity index (χ0v) is 22.7. The Morgan fingerprint density at radius 1 is 0.531 bits per heavy atom. The Bertz CT molecular complexity index is 411. The molecule has 0 radical (unpaired) electrons. The largest absolute Gasteiger partial charge is 0.481 e. The quantitative estimate of drug-likeness (QED) is 0.125. The molecule has 0 rings (SSSR count). The van der Waals surface area contributed by atoms with Gasteiger partial charge in [0.2, 0.25) is 5.24 Å². The molecule has 0 aromatic carbocycles. The number of halogens is 1. The van der Waals surface area contributed by atoms with Gasteiger partial charge in [-0.15, -0.1) is 0 Å². The highest BCUT2D eigenvalue weighted by Crippen LogP contribution is 2.20. The normalized spacial score (nSPS) is 12.7. The fraction of sp³-hybridized carbons (Fsp3) is 0.929. The first-order chi connectivity index (χ1) is 15.4. The molecule has 0 bridgehead atoms. The van der Waals surface area contributed by atoms with Crippen LogP contribution in [-0.2, 0) is 9.59 Å². The van der Waals surface area contributed by atoms with Crippen molar-refractivity contribution in [1.29, 1.82) is 0 Å². The van der Waals surface area contributed by atoms with E-state index in [9.17, 15) is 14.7 Å². The van der Waals surface area contributed by atoms with Crippen LogP contribution >= 0.6 is 11.6 Å². The molecule has 0 spiro atoms. The molecular formula is C28H55ClO3. The van der Waals surface area contributed by atoms with Gasteiger partial charge in [-0.25, -0.2) is 0 Å². The van der Waals surface area contributed by atoms with Gasteiger partial charge in [-0.3, -0.25) is 9.59 Å². The minimum atomic E-state index is -0.583. The van der Waals surface area contributed by atoms with Gasteiger partial charge >= 0.3 is 5.97 Å². The van der Waals surface area contributed by atoms with Gasteiger partial charge in [-0.2, -0.15) is 0 Å². The Labute approximate surface area is 205 Å². The predicted octanol–water partition coefficient (Wildman–Crippen LogP) is 9.94. The second-order valence-corrected chi connectivity index (χ2v) is 9.81. The van der Waals surface area contributed by atoms with Crippen LogP contribution < -0.4 is 0 Å². The van der Waals surface area contributed by atoms with E-state index >= 15 is 0 Å². The Balaban J connectivity index is 0. The minimum Gasteiger partial charge on any atom is -0.481 e. The molecule has 0 aromatic heterocycles. The van der Waals surface area contributed by atoms with Crippen molar-refractivity contribution in [3.8, 4) is 0 Å². The Hall–Kier alpha value is -0.570. The van der Waals surface area contributed by atoms with E-state index in [1.807, 2.05) is 0 Å². The summed E-state index contributed by atoms with van der Waals surface area (Å²) in [4.78, 5) is 22.2. The molecule has 0 aliphatic heterocycles. The lowest BCUT2D eigenvalue weighted by Gasteiger charge is -2.11. The van der Waals surface area contributed by atoms with Crippen LogP contribution in [0.2, 0.25) is 0 Å². The Morgan fingerprint density at radius 3 is 1.22 bits per heavy atom. The number of unbranched alkanes of at least 4 members (excludes halogenated alkanes) is 12. The molecule has 0 amide bonds. The summed E-state index contributed by atoms with van der Waals surface area (Å²) >= 11 is 5.55. The van der Waals surface area contributed by atoms with Crippen LogP contribution in [0, 0.1) is 11.8 Å². The number of carboxylic acid groups (broad SMARTS) is 1. The van der Waals surface area contributed by atoms with E-state index in [4.69, 9.17) is 11.6 Å². The van der Waals surface area contributed by atoms with Crippen molar-refractivity contribution in [3.63, 3.8) is 0 Å². The summed E-state index contributed by atoms with van der Waals surface area (Å²) in [6, 6.07) is 0. The molecule has 0 aromatic rings. The standard InChI is InChI=1S/C16H32O2.C12H23ClO/c1-3-5-7-9-10-12-14-15(16(17)18)13-11-8-6-4-2;1-3-5-7-8-10-11(12(13)14)9-6-4-2/h15H,3-14H2,1-2H3,(H,17,18);11H,3-10H2,1-2H3. The van der Waals surface area contributed by atoms with E-state index < -0.39 is 5.97 Å². The maximum atomic E-state index is 11.1. The summed E-state index contributed by atoms with van der Waals surface area (Å²) in [5, 5.41) is 9.04. The number of carbonyl (C=O) groups is 2. The van der Waals surface area contributed by atoms with Crippen molar-refractivity contribution in [2.75, 3.05) is 0 Å². The molecule has 3 nitrogen and oxygen atoms in total. The zero-order valence-electron chi connectivity index (χ0n) is 21.9. The van der Waals surface area contributed by atoms with Crippen LogP contribution in [0.4, 0.5) is 0 Å². The molecule has 4 heteroatoms. The third-order valence-electron chi connectivity index (χ3n) is 6.29. The molecule has 1 N–H and O–H groups in total. The highest BCUT2D eigenvalue weighted by Gasteiger charge is 2.16. The van der Waals surface area contributed by atoms with Crippen LogP contribution in [0.5, 0.6) is 0 Å². The lowest BCUT2D eigenvalue weighted by Crippen LogP contribution is -2.13. The van der Waals surface area contributed by atoms with Crippen LogP contribution in [0.15, 0.2) is 0 Å². The molecular weight excluding hydrogens is 420 g/mol. The van der Waals surface area contributed by atoms with E-state index in [0.717, 1.165) is 57.8 Å². The van der Waals surface area contributed by atoms with E-state index in [0.29, 0.717) is 0 Å². The summed E-state index contributed by atoms with van der Waals surface area (Å²) in [6.07, 6.45) is 23.1. The third kappa shape index (κ3) is 24.1. The van der Waals surface area contributed by atoms with Crippen molar-refractivity contribution < 1.29 is 14.7 Å². The molecule has 0 saturated carbocycles. The van der Waals surface area contributed by atoms with Gasteiger partial charge in [-0.05, 0) is 37.3 Å². The van der Waals surface area contributed by atoms with E-state index in [1.54, 1.807) is 0 Å². The van der Waals surface area contributed by atoms with Crippen LogP contribution in [0.25, 0.3) is 0 Å². The molecule has 0 fully saturated rings. The van der Waals surface area contributed by atoms with Crippen LogP contribution in [0.1, 0.15) is 156 Å². The molecule has 0 heterocycles. The van der Waals surface area contributed by atoms with Gasteiger partial charge in [0.05, 0.1) is 5.92 Å². The Kier molecular flexibility index (Phi) is 28.0. The van der Waals surface area contributed by atoms with E-state index in [2.05, 4.69) is 27.7 Å². The topological polar surface area (TPSA) is 54.4 Å². The number of carboxylic acids is 1. The number of carbonyl (C=O) groups excluding carboxylic acids is 1. The van der Waals surface area contributed by atoms with Gasteiger partial charge in [0.15, 0.2) is 0 Å². The summed E-state index contributed by atoms with van der Waals surface area (Å²) in [5.41, 5.74) is 0. The maximum absolute atomic E-state index is 11.1. The first-order valence-electron chi connectivity index (χ1n) is 13.9. The second-order valence-electron chi connectivity index (χ2n) is 9.43. The fourth-order valence-corrected chi connectivity index (χ4v) is 4.24. The number of hydrogen-bond acceptors (Lipinski definition) is 2. The van der Waals surface area contributed by atoms with E-state index in [1.165, 1.54) is 70.6 Å². The summed E-state index contributed by atoms with van der Waals surface area (Å²) in [6.45, 7) is 8.75. The fourth-order valence-electron chi connectivity index (χ4n) is 4.02. The van der Waals surface area contributed by atoms with Crippen LogP contribution in [-0.4, -0.2) is 16.3 Å². The minimum absolute atomic E-state index is 0.0898. The maximum Gasteiger partial charge on any atom is 0.306 e. The molecule has 2 atom stereocenters. The number of hydrogen-bond donors (Lipinski definition) is 1. The van der Waals surface area contributed by atoms with Gasteiger partial charge in [-0.1, -0.05) is 130 Å². The second kappa shape index (κ2) is 26.7. The SMILES string of the molecule is CCCCCCC(CCCC)C(=O)Cl.CCCCCCCCC(CCCCCC)C(=O)O. The van der Waals surface area contributed by atoms with Gasteiger partial charge in [0, 0.05) is 5.92 Å². The summed E-state index contributed by atoms with van der Waals surface area (Å²) in [7, 11) is 0. The van der Waals surface area contributed by atoms with Gasteiger partial charge < -0.3 is 5.11 Å². The number of rotatable bonds is 22. The summed E-state index contributed by atoms with van der Waals surface area (Å²) in [5.74, 6) is -0.554. The molecule has 32 heavy (non-hydrogen) atoms. The third-order valence-corrected chi connectivity index (χ3v) is 6.60. The lowest BCUT2D eigenvalue weighted by molar-refractivity contribution is -0.142. The van der Waals surface area contributed by atoms with Crippen molar-refractivity contribution >= 4 is 22.8 Å². The van der Waals surface area contributed by atoms with Crippen molar-refractivity contribution in [1.82, 2.24) is 0 Å². The first kappa shape index (κ1) is 33.6.